The van der Waals surface area contributed by atoms with E-state index in [-0.39, 0.29) is 18.7 Å². The molecule has 0 unspecified atom stereocenters. The lowest BCUT2D eigenvalue weighted by molar-refractivity contribution is 0.168. The topological polar surface area (TPSA) is 103 Å². The standard InChI is InChI=1S/C25H19N3O5S/c1-2-32-25(31)27-17-8-9-18-16(10-21(29)33-20(18)11-17)12-28-14-26-23-22(24(28)30)19(13-34-23)15-6-4-3-5-7-15/h3-11,13-14H,2,12H2,1H3,(H,27,31). The van der Waals surface area contributed by atoms with Crippen LogP contribution in [0.1, 0.15) is 12.5 Å². The maximum Gasteiger partial charge on any atom is 0.411 e. The maximum atomic E-state index is 13.4. The van der Waals surface area contributed by atoms with Gasteiger partial charge in [-0.3, -0.25) is 14.7 Å². The molecule has 0 saturated heterocycles. The van der Waals surface area contributed by atoms with Gasteiger partial charge in [-0.15, -0.1) is 11.3 Å². The van der Waals surface area contributed by atoms with Crippen molar-refractivity contribution in [3.8, 4) is 11.1 Å². The van der Waals surface area contributed by atoms with Gasteiger partial charge in [0.15, 0.2) is 0 Å². The third-order valence-corrected chi connectivity index (χ3v) is 6.22. The Morgan fingerprint density at radius 2 is 1.97 bits per heavy atom. The average Bonchev–Trinajstić information content (AvgIpc) is 3.26. The van der Waals surface area contributed by atoms with E-state index < -0.39 is 11.7 Å². The van der Waals surface area contributed by atoms with Crippen LogP contribution in [-0.2, 0) is 11.3 Å². The van der Waals surface area contributed by atoms with Gasteiger partial charge in [-0.05, 0) is 30.2 Å². The number of amides is 1. The normalized spacial score (nSPS) is 11.1. The molecular weight excluding hydrogens is 454 g/mol. The molecule has 9 heteroatoms. The van der Waals surface area contributed by atoms with Gasteiger partial charge >= 0.3 is 11.7 Å². The van der Waals surface area contributed by atoms with E-state index in [0.29, 0.717) is 32.4 Å². The second-order valence-electron chi connectivity index (χ2n) is 7.52. The number of anilines is 1. The molecule has 5 rings (SSSR count). The van der Waals surface area contributed by atoms with Crippen LogP contribution < -0.4 is 16.5 Å². The van der Waals surface area contributed by atoms with Gasteiger partial charge in [-0.1, -0.05) is 30.3 Å². The number of hydrogen-bond acceptors (Lipinski definition) is 7. The molecule has 8 nitrogen and oxygen atoms in total. The summed E-state index contributed by atoms with van der Waals surface area (Å²) in [6, 6.07) is 16.0. The van der Waals surface area contributed by atoms with Crippen LogP contribution >= 0.6 is 11.3 Å². The highest BCUT2D eigenvalue weighted by Crippen LogP contribution is 2.30. The van der Waals surface area contributed by atoms with Crippen molar-refractivity contribution in [1.29, 1.82) is 0 Å². The van der Waals surface area contributed by atoms with Gasteiger partial charge in [0.2, 0.25) is 0 Å². The summed E-state index contributed by atoms with van der Waals surface area (Å²) in [5.41, 5.74) is 2.35. The molecule has 0 aliphatic heterocycles. The Labute approximate surface area is 197 Å². The quantitative estimate of drug-likeness (QED) is 0.366. The zero-order chi connectivity index (χ0) is 23.7. The Hall–Kier alpha value is -4.24. The van der Waals surface area contributed by atoms with Crippen molar-refractivity contribution in [3.05, 3.63) is 92.6 Å². The maximum absolute atomic E-state index is 13.4. The highest BCUT2D eigenvalue weighted by Gasteiger charge is 2.15. The van der Waals surface area contributed by atoms with Crippen molar-refractivity contribution in [2.75, 3.05) is 11.9 Å². The lowest BCUT2D eigenvalue weighted by Gasteiger charge is -2.10. The van der Waals surface area contributed by atoms with E-state index in [1.165, 1.54) is 28.3 Å². The number of carbonyl (C=O) groups excluding carboxylic acids is 1. The number of benzene rings is 2. The molecule has 170 valence electrons. The predicted molar refractivity (Wildman–Crippen MR) is 132 cm³/mol. The summed E-state index contributed by atoms with van der Waals surface area (Å²) in [5, 5.41) is 5.71. The van der Waals surface area contributed by atoms with E-state index in [0.717, 1.165) is 11.1 Å². The fourth-order valence-electron chi connectivity index (χ4n) is 3.82. The average molecular weight is 474 g/mol. The molecule has 0 spiro atoms. The lowest BCUT2D eigenvalue weighted by Crippen LogP contribution is -2.21. The number of aromatic nitrogens is 2. The van der Waals surface area contributed by atoms with Crippen LogP contribution in [0.5, 0.6) is 0 Å². The molecule has 0 bridgehead atoms. The summed E-state index contributed by atoms with van der Waals surface area (Å²) in [5.74, 6) is 0. The van der Waals surface area contributed by atoms with Gasteiger partial charge in [-0.2, -0.15) is 0 Å². The van der Waals surface area contributed by atoms with Crippen LogP contribution in [-0.4, -0.2) is 22.3 Å². The van der Waals surface area contributed by atoms with Gasteiger partial charge in [0.25, 0.3) is 5.56 Å². The molecule has 0 atom stereocenters. The SMILES string of the molecule is CCOC(=O)Nc1ccc2c(Cn3cnc4scc(-c5ccccc5)c4c3=O)cc(=O)oc2c1. The lowest BCUT2D eigenvalue weighted by atomic mass is 10.1. The number of fused-ring (bicyclic) bond motifs is 2. The highest BCUT2D eigenvalue weighted by molar-refractivity contribution is 7.17. The summed E-state index contributed by atoms with van der Waals surface area (Å²) in [6.07, 6.45) is 0.892. The molecule has 3 heterocycles. The Morgan fingerprint density at radius 3 is 2.76 bits per heavy atom. The molecule has 5 aromatic rings. The van der Waals surface area contributed by atoms with Crippen LogP contribution in [0.2, 0.25) is 0 Å². The van der Waals surface area contributed by atoms with Crippen molar-refractivity contribution in [3.63, 3.8) is 0 Å². The number of carbonyl (C=O) groups is 1. The molecule has 1 N–H and O–H groups in total. The summed E-state index contributed by atoms with van der Waals surface area (Å²) in [7, 11) is 0. The van der Waals surface area contributed by atoms with E-state index in [4.69, 9.17) is 9.15 Å². The minimum atomic E-state index is -0.601. The van der Waals surface area contributed by atoms with E-state index in [2.05, 4.69) is 10.3 Å². The second-order valence-corrected chi connectivity index (χ2v) is 8.38. The predicted octanol–water partition coefficient (Wildman–Crippen LogP) is 4.85. The second kappa shape index (κ2) is 8.95. The van der Waals surface area contributed by atoms with Crippen LogP contribution in [0.15, 0.2) is 80.3 Å². The number of hydrogen-bond donors (Lipinski definition) is 1. The first-order valence-corrected chi connectivity index (χ1v) is 11.4. The minimum absolute atomic E-state index is 0.138. The van der Waals surface area contributed by atoms with Gasteiger partial charge in [0.1, 0.15) is 10.4 Å². The monoisotopic (exact) mass is 473 g/mol. The fourth-order valence-corrected chi connectivity index (χ4v) is 4.72. The molecule has 1 amide bonds. The Kier molecular flexibility index (Phi) is 5.69. The van der Waals surface area contributed by atoms with Crippen molar-refractivity contribution >= 4 is 44.3 Å². The molecule has 0 fully saturated rings. The molecule has 0 aliphatic carbocycles. The van der Waals surface area contributed by atoms with Crippen molar-refractivity contribution in [2.45, 2.75) is 13.5 Å². The summed E-state index contributed by atoms with van der Waals surface area (Å²) in [4.78, 5) is 42.5. The third kappa shape index (κ3) is 4.08. The Bertz CT molecular complexity index is 1640. The van der Waals surface area contributed by atoms with Gasteiger partial charge < -0.3 is 9.15 Å². The summed E-state index contributed by atoms with van der Waals surface area (Å²) < 4.78 is 11.7. The first-order chi connectivity index (χ1) is 16.5. The number of rotatable bonds is 5. The molecule has 3 aromatic heterocycles. The first kappa shape index (κ1) is 21.6. The molecule has 2 aromatic carbocycles. The number of thiophene rings is 1. The van der Waals surface area contributed by atoms with Crippen molar-refractivity contribution in [1.82, 2.24) is 9.55 Å². The Morgan fingerprint density at radius 1 is 1.15 bits per heavy atom. The van der Waals surface area contributed by atoms with Gasteiger partial charge in [-0.25, -0.2) is 14.6 Å². The zero-order valence-electron chi connectivity index (χ0n) is 18.1. The van der Waals surface area contributed by atoms with E-state index in [1.54, 1.807) is 25.1 Å². The van der Waals surface area contributed by atoms with Crippen molar-refractivity contribution in [2.24, 2.45) is 0 Å². The van der Waals surface area contributed by atoms with Crippen LogP contribution in [0, 0.1) is 0 Å². The Balaban J connectivity index is 1.56. The van der Waals surface area contributed by atoms with Crippen LogP contribution in [0.25, 0.3) is 32.3 Å². The third-order valence-electron chi connectivity index (χ3n) is 5.34. The summed E-state index contributed by atoms with van der Waals surface area (Å²) in [6.45, 7) is 2.08. The van der Waals surface area contributed by atoms with Crippen LogP contribution in [0.3, 0.4) is 0 Å². The van der Waals surface area contributed by atoms with E-state index >= 15 is 0 Å². The van der Waals surface area contributed by atoms with Gasteiger partial charge in [0, 0.05) is 34.1 Å². The fraction of sp³-hybridized carbons (Fsp3) is 0.120. The highest BCUT2D eigenvalue weighted by atomic mass is 32.1. The molecule has 0 aliphatic rings. The minimum Gasteiger partial charge on any atom is -0.450 e. The number of nitrogens with zero attached hydrogens (tertiary/aromatic N) is 2. The summed E-state index contributed by atoms with van der Waals surface area (Å²) >= 11 is 1.42. The molecule has 34 heavy (non-hydrogen) atoms. The smallest absolute Gasteiger partial charge is 0.411 e. The largest absolute Gasteiger partial charge is 0.450 e. The van der Waals surface area contributed by atoms with E-state index in [1.807, 2.05) is 35.7 Å². The molecule has 0 radical (unpaired) electrons. The number of nitrogens with one attached hydrogen (secondary N) is 1. The number of ether oxygens (including phenoxy) is 1. The van der Waals surface area contributed by atoms with Gasteiger partial charge in [0.05, 0.1) is 24.9 Å². The zero-order valence-corrected chi connectivity index (χ0v) is 18.9. The van der Waals surface area contributed by atoms with Crippen LogP contribution in [0.4, 0.5) is 10.5 Å². The van der Waals surface area contributed by atoms with E-state index in [9.17, 15) is 14.4 Å². The first-order valence-electron chi connectivity index (χ1n) is 10.6. The molecule has 0 saturated carbocycles. The molecular formula is C25H19N3O5S. The van der Waals surface area contributed by atoms with Crippen molar-refractivity contribution < 1.29 is 13.9 Å².